The molecule has 0 saturated heterocycles. The lowest BCUT2D eigenvalue weighted by atomic mass is 10.2. The summed E-state index contributed by atoms with van der Waals surface area (Å²) in [5, 5.41) is 6.77. The van der Waals surface area contributed by atoms with E-state index in [1.165, 1.54) is 5.56 Å². The van der Waals surface area contributed by atoms with Gasteiger partial charge in [-0.25, -0.2) is 0 Å². The van der Waals surface area contributed by atoms with Gasteiger partial charge in [-0.2, -0.15) is 0 Å². The van der Waals surface area contributed by atoms with Gasteiger partial charge in [0, 0.05) is 25.6 Å². The van der Waals surface area contributed by atoms with Gasteiger partial charge < -0.3 is 15.4 Å². The molecule has 0 unspecified atom stereocenters. The van der Waals surface area contributed by atoms with E-state index in [1.54, 1.807) is 0 Å². The van der Waals surface area contributed by atoms with E-state index in [0.717, 1.165) is 44.1 Å². The predicted molar refractivity (Wildman–Crippen MR) is 92.6 cm³/mol. The van der Waals surface area contributed by atoms with Crippen LogP contribution in [0.25, 0.3) is 0 Å². The highest BCUT2D eigenvalue weighted by Crippen LogP contribution is 2.16. The van der Waals surface area contributed by atoms with Gasteiger partial charge in [0.2, 0.25) is 0 Å². The molecule has 0 fully saturated rings. The van der Waals surface area contributed by atoms with Crippen LogP contribution in [0.4, 0.5) is 0 Å². The molecule has 0 radical (unpaired) electrons. The standard InChI is InChI=1S/C18H27N3O/c1-3-19-18(21-16-10-5-6-11-16)20-13-8-14-22-17-12-7-4-9-15(17)2/h4-7,9,12,16H,3,8,10-11,13-14H2,1-2H3,(H2,19,20,21). The van der Waals surface area contributed by atoms with Crippen molar-refractivity contribution in [1.29, 1.82) is 0 Å². The number of aliphatic imine (C=N–C) groups is 1. The Balaban J connectivity index is 1.70. The Morgan fingerprint density at radius 3 is 2.77 bits per heavy atom. The van der Waals surface area contributed by atoms with E-state index in [1.807, 2.05) is 18.2 Å². The molecule has 0 aliphatic heterocycles. The monoisotopic (exact) mass is 301 g/mol. The van der Waals surface area contributed by atoms with Crippen LogP contribution in [0.3, 0.4) is 0 Å². The lowest BCUT2D eigenvalue weighted by molar-refractivity contribution is 0.311. The quantitative estimate of drug-likeness (QED) is 0.352. The van der Waals surface area contributed by atoms with Crippen LogP contribution in [0.2, 0.25) is 0 Å². The topological polar surface area (TPSA) is 45.7 Å². The number of hydrogen-bond donors (Lipinski definition) is 2. The van der Waals surface area contributed by atoms with Crippen molar-refractivity contribution in [2.45, 2.75) is 39.2 Å². The molecule has 0 bridgehead atoms. The van der Waals surface area contributed by atoms with Crippen LogP contribution >= 0.6 is 0 Å². The molecule has 2 N–H and O–H groups in total. The van der Waals surface area contributed by atoms with Crippen LogP contribution in [0.1, 0.15) is 31.7 Å². The number of benzene rings is 1. The van der Waals surface area contributed by atoms with Crippen molar-refractivity contribution >= 4 is 5.96 Å². The molecule has 0 saturated carbocycles. The Bertz CT molecular complexity index is 503. The average Bonchev–Trinajstić information content (AvgIpc) is 3.02. The Kier molecular flexibility index (Phi) is 6.81. The third-order valence-electron chi connectivity index (χ3n) is 3.62. The number of ether oxygens (including phenoxy) is 1. The van der Waals surface area contributed by atoms with Crippen LogP contribution < -0.4 is 15.4 Å². The highest BCUT2D eigenvalue weighted by atomic mass is 16.5. The third kappa shape index (κ3) is 5.43. The van der Waals surface area contributed by atoms with Crippen molar-refractivity contribution in [3.8, 4) is 5.75 Å². The smallest absolute Gasteiger partial charge is 0.191 e. The molecule has 22 heavy (non-hydrogen) atoms. The fraction of sp³-hybridized carbons (Fsp3) is 0.500. The summed E-state index contributed by atoms with van der Waals surface area (Å²) < 4.78 is 5.79. The molecule has 0 aromatic heterocycles. The molecule has 4 heteroatoms. The number of guanidine groups is 1. The number of hydrogen-bond acceptors (Lipinski definition) is 2. The van der Waals surface area contributed by atoms with Gasteiger partial charge in [-0.1, -0.05) is 30.4 Å². The van der Waals surface area contributed by atoms with Gasteiger partial charge in [0.15, 0.2) is 5.96 Å². The minimum atomic E-state index is 0.487. The zero-order valence-electron chi connectivity index (χ0n) is 13.6. The maximum atomic E-state index is 5.79. The Hall–Kier alpha value is -1.97. The molecule has 2 rings (SSSR count). The lowest BCUT2D eigenvalue weighted by Crippen LogP contribution is -2.42. The maximum absolute atomic E-state index is 5.79. The maximum Gasteiger partial charge on any atom is 0.191 e. The molecule has 120 valence electrons. The fourth-order valence-corrected chi connectivity index (χ4v) is 2.40. The highest BCUT2D eigenvalue weighted by molar-refractivity contribution is 5.80. The summed E-state index contributed by atoms with van der Waals surface area (Å²) in [6.07, 6.45) is 7.52. The first-order valence-electron chi connectivity index (χ1n) is 8.18. The van der Waals surface area contributed by atoms with Gasteiger partial charge in [-0.05, 0) is 38.3 Å². The van der Waals surface area contributed by atoms with E-state index in [0.29, 0.717) is 12.6 Å². The number of nitrogens with zero attached hydrogens (tertiary/aromatic N) is 1. The largest absolute Gasteiger partial charge is 0.493 e. The molecular weight excluding hydrogens is 274 g/mol. The van der Waals surface area contributed by atoms with E-state index in [-0.39, 0.29) is 0 Å². The number of nitrogens with one attached hydrogen (secondary N) is 2. The molecule has 1 aromatic rings. The zero-order valence-corrected chi connectivity index (χ0v) is 13.6. The van der Waals surface area contributed by atoms with Gasteiger partial charge >= 0.3 is 0 Å². The zero-order chi connectivity index (χ0) is 15.6. The first kappa shape index (κ1) is 16.4. The van der Waals surface area contributed by atoms with Crippen molar-refractivity contribution in [2.75, 3.05) is 19.7 Å². The second-order valence-electron chi connectivity index (χ2n) is 5.51. The molecule has 1 aliphatic rings. The Morgan fingerprint density at radius 2 is 2.05 bits per heavy atom. The molecule has 1 aromatic carbocycles. The summed E-state index contributed by atoms with van der Waals surface area (Å²) in [6, 6.07) is 8.59. The molecule has 4 nitrogen and oxygen atoms in total. The second kappa shape index (κ2) is 9.13. The van der Waals surface area contributed by atoms with Crippen molar-refractivity contribution < 1.29 is 4.74 Å². The van der Waals surface area contributed by atoms with Crippen LogP contribution in [-0.4, -0.2) is 31.7 Å². The minimum absolute atomic E-state index is 0.487. The molecular formula is C18H27N3O. The number of para-hydroxylation sites is 1. The lowest BCUT2D eigenvalue weighted by Gasteiger charge is -2.16. The first-order valence-corrected chi connectivity index (χ1v) is 8.18. The number of aryl methyl sites for hydroxylation is 1. The van der Waals surface area contributed by atoms with E-state index < -0.39 is 0 Å². The third-order valence-corrected chi connectivity index (χ3v) is 3.62. The summed E-state index contributed by atoms with van der Waals surface area (Å²) >= 11 is 0. The van der Waals surface area contributed by atoms with Gasteiger partial charge in [-0.3, -0.25) is 4.99 Å². The number of rotatable bonds is 7. The van der Waals surface area contributed by atoms with Crippen molar-refractivity contribution in [1.82, 2.24) is 10.6 Å². The Morgan fingerprint density at radius 1 is 1.27 bits per heavy atom. The summed E-state index contributed by atoms with van der Waals surface area (Å²) in [7, 11) is 0. The average molecular weight is 301 g/mol. The normalized spacial score (nSPS) is 15.1. The summed E-state index contributed by atoms with van der Waals surface area (Å²) in [5.41, 5.74) is 1.18. The van der Waals surface area contributed by atoms with Gasteiger partial charge in [0.05, 0.1) is 6.61 Å². The second-order valence-corrected chi connectivity index (χ2v) is 5.51. The summed E-state index contributed by atoms with van der Waals surface area (Å²) in [4.78, 5) is 4.62. The van der Waals surface area contributed by atoms with E-state index in [4.69, 9.17) is 4.74 Å². The predicted octanol–water partition coefficient (Wildman–Crippen LogP) is 3.04. The molecule has 0 amide bonds. The molecule has 0 spiro atoms. The van der Waals surface area contributed by atoms with Crippen LogP contribution in [-0.2, 0) is 0 Å². The van der Waals surface area contributed by atoms with Crippen LogP contribution in [0.5, 0.6) is 5.75 Å². The summed E-state index contributed by atoms with van der Waals surface area (Å²) in [6.45, 7) is 6.49. The molecule has 1 aliphatic carbocycles. The van der Waals surface area contributed by atoms with Crippen molar-refractivity contribution in [3.63, 3.8) is 0 Å². The van der Waals surface area contributed by atoms with Gasteiger partial charge in [-0.15, -0.1) is 0 Å². The fourth-order valence-electron chi connectivity index (χ4n) is 2.40. The van der Waals surface area contributed by atoms with Crippen LogP contribution in [0, 0.1) is 6.92 Å². The van der Waals surface area contributed by atoms with E-state index >= 15 is 0 Å². The van der Waals surface area contributed by atoms with Crippen LogP contribution in [0.15, 0.2) is 41.4 Å². The molecule has 0 heterocycles. The first-order chi connectivity index (χ1) is 10.8. The highest BCUT2D eigenvalue weighted by Gasteiger charge is 2.11. The van der Waals surface area contributed by atoms with Gasteiger partial charge in [0.1, 0.15) is 5.75 Å². The SMILES string of the molecule is CCNC(=NCCCOc1ccccc1C)NC1CC=CC1. The van der Waals surface area contributed by atoms with Crippen molar-refractivity contribution in [2.24, 2.45) is 4.99 Å². The summed E-state index contributed by atoms with van der Waals surface area (Å²) in [5.74, 6) is 1.88. The Labute approximate surface area is 133 Å². The molecule has 0 atom stereocenters. The minimum Gasteiger partial charge on any atom is -0.493 e. The van der Waals surface area contributed by atoms with E-state index in [2.05, 4.69) is 47.7 Å². The van der Waals surface area contributed by atoms with E-state index in [9.17, 15) is 0 Å². The van der Waals surface area contributed by atoms with Crippen molar-refractivity contribution in [3.05, 3.63) is 42.0 Å². The van der Waals surface area contributed by atoms with Gasteiger partial charge in [0.25, 0.3) is 0 Å².